The number of imidazole rings is 1. The summed E-state index contributed by atoms with van der Waals surface area (Å²) in [5.41, 5.74) is 2.27. The molecule has 0 radical (unpaired) electrons. The normalized spacial score (nSPS) is 14.4. The van der Waals surface area contributed by atoms with Gasteiger partial charge in [0.05, 0.1) is 29.9 Å². The number of hydrogen-bond donors (Lipinski definition) is 2. The van der Waals surface area contributed by atoms with E-state index in [4.69, 9.17) is 4.74 Å². The zero-order valence-electron chi connectivity index (χ0n) is 20.3. The van der Waals surface area contributed by atoms with Gasteiger partial charge in [-0.15, -0.1) is 0 Å². The number of alkyl halides is 3. The molecule has 0 atom stereocenters. The van der Waals surface area contributed by atoms with E-state index in [1.54, 1.807) is 33.7 Å². The van der Waals surface area contributed by atoms with E-state index in [1.807, 2.05) is 18.2 Å². The van der Waals surface area contributed by atoms with Crippen LogP contribution in [0.15, 0.2) is 65.7 Å². The number of nitrogens with one attached hydrogen (secondary N) is 2. The lowest BCUT2D eigenvalue weighted by Gasteiger charge is -2.31. The van der Waals surface area contributed by atoms with Gasteiger partial charge < -0.3 is 19.9 Å². The number of hydrogen-bond acceptors (Lipinski definition) is 6. The molecule has 0 unspecified atom stereocenters. The quantitative estimate of drug-likeness (QED) is 0.367. The third-order valence-electron chi connectivity index (χ3n) is 6.78. The molecule has 2 aromatic carbocycles. The highest BCUT2D eigenvalue weighted by Crippen LogP contribution is 2.39. The Labute approximate surface area is 214 Å². The molecule has 0 saturated carbocycles. The molecule has 1 aliphatic heterocycles. The van der Waals surface area contributed by atoms with E-state index in [-0.39, 0.29) is 28.2 Å². The average Bonchev–Trinajstić information content (AvgIpc) is 3.39. The number of H-pyrrole nitrogens is 1. The van der Waals surface area contributed by atoms with Crippen LogP contribution in [0.2, 0.25) is 0 Å². The van der Waals surface area contributed by atoms with Crippen LogP contribution in [0.3, 0.4) is 0 Å². The second kappa shape index (κ2) is 9.18. The Bertz CT molecular complexity index is 1700. The Morgan fingerprint density at radius 2 is 1.66 bits per heavy atom. The molecule has 3 aromatic heterocycles. The molecule has 0 aliphatic carbocycles. The number of nitrogens with zero attached hydrogens (tertiary/aromatic N) is 4. The number of rotatable bonds is 4. The van der Waals surface area contributed by atoms with Crippen molar-refractivity contribution in [2.24, 2.45) is 0 Å². The van der Waals surface area contributed by atoms with Gasteiger partial charge in [-0.05, 0) is 42.0 Å². The highest BCUT2D eigenvalue weighted by atomic mass is 19.4. The van der Waals surface area contributed by atoms with Gasteiger partial charge in [-0.25, -0.2) is 9.97 Å². The molecule has 0 amide bonds. The third kappa shape index (κ3) is 4.14. The number of ether oxygens (including phenoxy) is 1. The zero-order valence-corrected chi connectivity index (χ0v) is 20.3. The maximum Gasteiger partial charge on any atom is 0.418 e. The summed E-state index contributed by atoms with van der Waals surface area (Å²) in [7, 11) is 1.53. The van der Waals surface area contributed by atoms with Crippen molar-refractivity contribution in [1.29, 1.82) is 0 Å². The molecule has 1 aliphatic rings. The van der Waals surface area contributed by atoms with E-state index in [1.165, 1.54) is 19.4 Å². The van der Waals surface area contributed by atoms with Crippen molar-refractivity contribution in [2.45, 2.75) is 6.18 Å². The van der Waals surface area contributed by atoms with Gasteiger partial charge >= 0.3 is 6.18 Å². The summed E-state index contributed by atoms with van der Waals surface area (Å²) in [6, 6.07) is 13.3. The molecule has 194 valence electrons. The van der Waals surface area contributed by atoms with Gasteiger partial charge in [0.1, 0.15) is 11.3 Å². The fourth-order valence-electron chi connectivity index (χ4n) is 4.90. The number of halogens is 3. The molecule has 1 saturated heterocycles. The van der Waals surface area contributed by atoms with Crippen molar-refractivity contribution in [3.8, 4) is 28.4 Å². The van der Waals surface area contributed by atoms with E-state index < -0.39 is 11.7 Å². The second-order valence-corrected chi connectivity index (χ2v) is 9.04. The highest BCUT2D eigenvalue weighted by molar-refractivity contribution is 5.86. The van der Waals surface area contributed by atoms with E-state index in [2.05, 4.69) is 20.3 Å². The van der Waals surface area contributed by atoms with Crippen molar-refractivity contribution in [3.63, 3.8) is 0 Å². The summed E-state index contributed by atoms with van der Waals surface area (Å²) < 4.78 is 49.4. The van der Waals surface area contributed by atoms with Gasteiger partial charge in [0.25, 0.3) is 5.56 Å². The SMILES string of the molecule is COc1ccc(-c2ccc3[nH]c(=O)c4cnc(-c5ccc(N6CCNCC6)c(C(F)(F)F)c5)n4c3c2)cn1. The Morgan fingerprint density at radius 1 is 0.895 bits per heavy atom. The molecule has 38 heavy (non-hydrogen) atoms. The predicted molar refractivity (Wildman–Crippen MR) is 139 cm³/mol. The lowest BCUT2D eigenvalue weighted by Crippen LogP contribution is -2.44. The number of anilines is 1. The Morgan fingerprint density at radius 3 is 2.37 bits per heavy atom. The number of methoxy groups -OCH3 is 1. The average molecular weight is 521 g/mol. The van der Waals surface area contributed by atoms with Crippen molar-refractivity contribution in [3.05, 3.63) is 76.8 Å². The van der Waals surface area contributed by atoms with Crippen LogP contribution < -0.4 is 20.5 Å². The predicted octanol–water partition coefficient (Wildman–Crippen LogP) is 4.34. The van der Waals surface area contributed by atoms with Gasteiger partial charge in [0.15, 0.2) is 0 Å². The minimum Gasteiger partial charge on any atom is -0.481 e. The van der Waals surface area contributed by atoms with Crippen LogP contribution >= 0.6 is 0 Å². The summed E-state index contributed by atoms with van der Waals surface area (Å²) in [6.07, 6.45) is -1.51. The summed E-state index contributed by atoms with van der Waals surface area (Å²) in [6.45, 7) is 2.20. The molecular formula is C27H23F3N6O2. The summed E-state index contributed by atoms with van der Waals surface area (Å²) in [5, 5.41) is 3.16. The van der Waals surface area contributed by atoms with Gasteiger partial charge in [-0.1, -0.05) is 6.07 Å². The monoisotopic (exact) mass is 520 g/mol. The van der Waals surface area contributed by atoms with Gasteiger partial charge in [0, 0.05) is 55.3 Å². The topological polar surface area (TPSA) is 87.5 Å². The maximum atomic E-state index is 14.2. The fourth-order valence-corrected chi connectivity index (χ4v) is 4.90. The fraction of sp³-hybridized carbons (Fsp3) is 0.222. The number of aromatic amines is 1. The summed E-state index contributed by atoms with van der Waals surface area (Å²) in [5.74, 6) is 0.723. The molecule has 0 bridgehead atoms. The second-order valence-electron chi connectivity index (χ2n) is 9.04. The van der Waals surface area contributed by atoms with E-state index in [9.17, 15) is 18.0 Å². The Kier molecular flexibility index (Phi) is 5.79. The first-order chi connectivity index (χ1) is 18.3. The molecule has 0 spiro atoms. The zero-order chi connectivity index (χ0) is 26.4. The van der Waals surface area contributed by atoms with Crippen LogP contribution in [0.25, 0.3) is 39.1 Å². The molecule has 11 heteroatoms. The minimum absolute atomic E-state index is 0.139. The van der Waals surface area contributed by atoms with Crippen molar-refractivity contribution < 1.29 is 17.9 Å². The van der Waals surface area contributed by atoms with Gasteiger partial charge in [-0.2, -0.15) is 13.2 Å². The van der Waals surface area contributed by atoms with Crippen LogP contribution in [0, 0.1) is 0 Å². The highest BCUT2D eigenvalue weighted by Gasteiger charge is 2.36. The first kappa shape index (κ1) is 24.0. The number of benzene rings is 2. The number of aromatic nitrogens is 4. The molecule has 5 aromatic rings. The minimum atomic E-state index is -4.56. The lowest BCUT2D eigenvalue weighted by molar-refractivity contribution is -0.137. The molecule has 4 heterocycles. The van der Waals surface area contributed by atoms with Crippen LogP contribution in [-0.4, -0.2) is 52.6 Å². The number of pyridine rings is 1. The summed E-state index contributed by atoms with van der Waals surface area (Å²) >= 11 is 0. The molecule has 8 nitrogen and oxygen atoms in total. The van der Waals surface area contributed by atoms with E-state index >= 15 is 0 Å². The van der Waals surface area contributed by atoms with E-state index in [0.29, 0.717) is 43.1 Å². The molecule has 6 rings (SSSR count). The van der Waals surface area contributed by atoms with Crippen molar-refractivity contribution in [2.75, 3.05) is 38.2 Å². The third-order valence-corrected chi connectivity index (χ3v) is 6.78. The smallest absolute Gasteiger partial charge is 0.418 e. The van der Waals surface area contributed by atoms with Gasteiger partial charge in [-0.3, -0.25) is 9.20 Å². The largest absolute Gasteiger partial charge is 0.481 e. The van der Waals surface area contributed by atoms with Crippen molar-refractivity contribution >= 4 is 22.2 Å². The van der Waals surface area contributed by atoms with Gasteiger partial charge in [0.2, 0.25) is 5.88 Å². The van der Waals surface area contributed by atoms with Crippen LogP contribution in [-0.2, 0) is 6.18 Å². The molecule has 2 N–H and O–H groups in total. The first-order valence-corrected chi connectivity index (χ1v) is 12.0. The maximum absolute atomic E-state index is 14.2. The van der Waals surface area contributed by atoms with Crippen molar-refractivity contribution in [1.82, 2.24) is 24.7 Å². The lowest BCUT2D eigenvalue weighted by atomic mass is 10.0. The summed E-state index contributed by atoms with van der Waals surface area (Å²) in [4.78, 5) is 26.0. The van der Waals surface area contributed by atoms with Crippen LogP contribution in [0.5, 0.6) is 5.88 Å². The standard InChI is InChI=1S/C27H23F3N6O2/c1-38-24-7-4-18(14-32-24)16-2-5-20-22(13-16)36-23(26(37)34-20)15-33-25(36)17-3-6-21(19(12-17)27(28,29)30)35-10-8-31-9-11-35/h2-7,12-15,31H,8-11H2,1H3,(H,34,37). The number of fused-ring (bicyclic) bond motifs is 3. The molecular weight excluding hydrogens is 497 g/mol. The van der Waals surface area contributed by atoms with Crippen LogP contribution in [0.1, 0.15) is 5.56 Å². The van der Waals surface area contributed by atoms with Crippen LogP contribution in [0.4, 0.5) is 18.9 Å². The Balaban J connectivity index is 1.54. The number of piperazine rings is 1. The Hall–Kier alpha value is -4.38. The first-order valence-electron chi connectivity index (χ1n) is 12.0. The molecule has 1 fully saturated rings. The van der Waals surface area contributed by atoms with E-state index in [0.717, 1.165) is 17.2 Å².